The first-order valence-electron chi connectivity index (χ1n) is 4.75. The van der Waals surface area contributed by atoms with Crippen molar-refractivity contribution in [3.8, 4) is 0 Å². The summed E-state index contributed by atoms with van der Waals surface area (Å²) < 4.78 is 27.0. The number of rotatable bonds is 9. The van der Waals surface area contributed by atoms with E-state index >= 15 is 0 Å². The highest BCUT2D eigenvalue weighted by Crippen LogP contribution is 2.47. The molecule has 0 spiro atoms. The minimum absolute atomic E-state index is 0.0164. The van der Waals surface area contributed by atoms with Crippen LogP contribution in [-0.2, 0) is 18.3 Å². The standard InChI is InChI=1S/C9H19O4P/c1-4-7-8-11-9-14(10,12-5-2)13-6-3/h4H,1,5-9H2,2-3H3. The van der Waals surface area contributed by atoms with Gasteiger partial charge in [-0.1, -0.05) is 6.08 Å². The van der Waals surface area contributed by atoms with Crippen LogP contribution in [0.2, 0.25) is 0 Å². The van der Waals surface area contributed by atoms with Crippen molar-refractivity contribution in [2.45, 2.75) is 20.3 Å². The molecule has 0 heterocycles. The summed E-state index contributed by atoms with van der Waals surface area (Å²) >= 11 is 0. The lowest BCUT2D eigenvalue weighted by atomic mass is 10.5. The van der Waals surface area contributed by atoms with Gasteiger partial charge in [-0.15, -0.1) is 6.58 Å². The minimum Gasteiger partial charge on any atom is -0.368 e. The third-order valence-corrected chi connectivity index (χ3v) is 3.17. The predicted octanol–water partition coefficient (Wildman–Crippen LogP) is 2.80. The molecule has 14 heavy (non-hydrogen) atoms. The van der Waals surface area contributed by atoms with Crippen LogP contribution >= 0.6 is 7.60 Å². The maximum absolute atomic E-state index is 11.8. The monoisotopic (exact) mass is 222 g/mol. The third-order valence-electron chi connectivity index (χ3n) is 1.37. The Morgan fingerprint density at radius 3 is 2.29 bits per heavy atom. The molecule has 0 N–H and O–H groups in total. The van der Waals surface area contributed by atoms with Gasteiger partial charge in [0.2, 0.25) is 0 Å². The van der Waals surface area contributed by atoms with Gasteiger partial charge in [0.25, 0.3) is 0 Å². The molecule has 0 saturated carbocycles. The second kappa shape index (κ2) is 8.18. The van der Waals surface area contributed by atoms with Crippen molar-refractivity contribution in [1.29, 1.82) is 0 Å². The van der Waals surface area contributed by atoms with Crippen molar-refractivity contribution in [2.24, 2.45) is 0 Å². The Balaban J connectivity index is 3.83. The van der Waals surface area contributed by atoms with Crippen LogP contribution in [0.4, 0.5) is 0 Å². The molecule has 5 heteroatoms. The average Bonchev–Trinajstić information content (AvgIpc) is 2.13. The highest BCUT2D eigenvalue weighted by molar-refractivity contribution is 7.53. The Kier molecular flexibility index (Phi) is 8.09. The molecule has 0 saturated heterocycles. The number of ether oxygens (including phenoxy) is 1. The van der Waals surface area contributed by atoms with E-state index in [4.69, 9.17) is 13.8 Å². The molecular weight excluding hydrogens is 203 g/mol. The number of hydrogen-bond acceptors (Lipinski definition) is 4. The van der Waals surface area contributed by atoms with Crippen molar-refractivity contribution in [3.63, 3.8) is 0 Å². The van der Waals surface area contributed by atoms with Gasteiger partial charge in [0.05, 0.1) is 19.8 Å². The molecule has 0 radical (unpaired) electrons. The molecule has 0 bridgehead atoms. The Labute approximate surface area is 85.8 Å². The number of hydrogen-bond donors (Lipinski definition) is 0. The summed E-state index contributed by atoms with van der Waals surface area (Å²) in [6.45, 7) is 8.32. The lowest BCUT2D eigenvalue weighted by Crippen LogP contribution is -2.04. The van der Waals surface area contributed by atoms with E-state index in [9.17, 15) is 4.57 Å². The van der Waals surface area contributed by atoms with Crippen molar-refractivity contribution < 1.29 is 18.3 Å². The molecular formula is C9H19O4P. The van der Waals surface area contributed by atoms with Crippen LogP contribution in [0.5, 0.6) is 0 Å². The van der Waals surface area contributed by atoms with E-state index in [-0.39, 0.29) is 6.35 Å². The molecule has 0 rings (SSSR count). The van der Waals surface area contributed by atoms with E-state index in [1.807, 2.05) is 0 Å². The maximum atomic E-state index is 11.8. The summed E-state index contributed by atoms with van der Waals surface area (Å²) in [7, 11) is -3.02. The molecule has 0 unspecified atom stereocenters. The normalized spacial score (nSPS) is 11.6. The van der Waals surface area contributed by atoms with E-state index in [2.05, 4.69) is 6.58 Å². The topological polar surface area (TPSA) is 44.8 Å². The second-order valence-electron chi connectivity index (χ2n) is 2.56. The van der Waals surface area contributed by atoms with Crippen LogP contribution in [0, 0.1) is 0 Å². The van der Waals surface area contributed by atoms with E-state index in [1.165, 1.54) is 0 Å². The first-order chi connectivity index (χ1) is 6.68. The zero-order valence-electron chi connectivity index (χ0n) is 8.90. The van der Waals surface area contributed by atoms with Crippen molar-refractivity contribution in [2.75, 3.05) is 26.2 Å². The zero-order valence-corrected chi connectivity index (χ0v) is 9.79. The van der Waals surface area contributed by atoms with Crippen LogP contribution in [0.25, 0.3) is 0 Å². The average molecular weight is 222 g/mol. The summed E-state index contributed by atoms with van der Waals surface area (Å²) in [5, 5.41) is 0. The van der Waals surface area contributed by atoms with Gasteiger partial charge in [0.15, 0.2) is 0 Å². The van der Waals surface area contributed by atoms with Crippen molar-refractivity contribution in [3.05, 3.63) is 12.7 Å². The largest absolute Gasteiger partial charge is 0.368 e. The molecule has 0 aromatic carbocycles. The fourth-order valence-corrected chi connectivity index (χ4v) is 2.21. The lowest BCUT2D eigenvalue weighted by molar-refractivity contribution is 0.135. The Hall–Kier alpha value is -0.150. The van der Waals surface area contributed by atoms with Gasteiger partial charge < -0.3 is 13.8 Å². The summed E-state index contributed by atoms with van der Waals surface area (Å²) in [5.74, 6) is 0. The van der Waals surface area contributed by atoms with E-state index in [1.54, 1.807) is 19.9 Å². The summed E-state index contributed by atoms with van der Waals surface area (Å²) in [5.41, 5.74) is 0. The second-order valence-corrected chi connectivity index (χ2v) is 4.56. The Bertz CT molecular complexity index is 183. The summed E-state index contributed by atoms with van der Waals surface area (Å²) in [6.07, 6.45) is 2.49. The van der Waals surface area contributed by atoms with Gasteiger partial charge in [-0.05, 0) is 20.3 Å². The van der Waals surface area contributed by atoms with E-state index in [0.29, 0.717) is 19.8 Å². The smallest absolute Gasteiger partial charge is 0.356 e. The fraction of sp³-hybridized carbons (Fsp3) is 0.778. The van der Waals surface area contributed by atoms with E-state index < -0.39 is 7.60 Å². The predicted molar refractivity (Wildman–Crippen MR) is 56.5 cm³/mol. The van der Waals surface area contributed by atoms with Crippen LogP contribution in [0.1, 0.15) is 20.3 Å². The minimum atomic E-state index is -3.02. The third kappa shape index (κ3) is 6.33. The molecule has 4 nitrogen and oxygen atoms in total. The summed E-state index contributed by atoms with van der Waals surface area (Å²) in [4.78, 5) is 0. The van der Waals surface area contributed by atoms with Gasteiger partial charge in [-0.2, -0.15) is 0 Å². The SMILES string of the molecule is C=CCCOCP(=O)(OCC)OCC. The van der Waals surface area contributed by atoms with Gasteiger partial charge in [-0.25, -0.2) is 0 Å². The molecule has 0 aromatic rings. The van der Waals surface area contributed by atoms with Crippen LogP contribution in [-0.4, -0.2) is 26.2 Å². The summed E-state index contributed by atoms with van der Waals surface area (Å²) in [6, 6.07) is 0. The van der Waals surface area contributed by atoms with Crippen molar-refractivity contribution in [1.82, 2.24) is 0 Å². The van der Waals surface area contributed by atoms with Gasteiger partial charge in [0, 0.05) is 0 Å². The lowest BCUT2D eigenvalue weighted by Gasteiger charge is -2.16. The molecule has 0 aliphatic carbocycles. The highest BCUT2D eigenvalue weighted by atomic mass is 31.2. The van der Waals surface area contributed by atoms with Crippen molar-refractivity contribution >= 4 is 7.60 Å². The molecule has 0 atom stereocenters. The van der Waals surface area contributed by atoms with Gasteiger partial charge in [-0.3, -0.25) is 4.57 Å². The fourth-order valence-electron chi connectivity index (χ4n) is 0.848. The molecule has 0 aromatic heterocycles. The molecule has 0 aliphatic rings. The first-order valence-corrected chi connectivity index (χ1v) is 6.48. The molecule has 0 aliphatic heterocycles. The highest BCUT2D eigenvalue weighted by Gasteiger charge is 2.23. The Morgan fingerprint density at radius 1 is 1.29 bits per heavy atom. The van der Waals surface area contributed by atoms with E-state index in [0.717, 1.165) is 6.42 Å². The van der Waals surface area contributed by atoms with Crippen LogP contribution < -0.4 is 0 Å². The van der Waals surface area contributed by atoms with Crippen LogP contribution in [0.3, 0.4) is 0 Å². The maximum Gasteiger partial charge on any atom is 0.356 e. The zero-order chi connectivity index (χ0) is 10.9. The molecule has 0 fully saturated rings. The van der Waals surface area contributed by atoms with Crippen LogP contribution in [0.15, 0.2) is 12.7 Å². The molecule has 0 amide bonds. The first kappa shape index (κ1) is 13.8. The molecule has 84 valence electrons. The van der Waals surface area contributed by atoms with Gasteiger partial charge in [0.1, 0.15) is 6.35 Å². The Morgan fingerprint density at radius 2 is 1.86 bits per heavy atom. The quantitative estimate of drug-likeness (QED) is 0.342. The van der Waals surface area contributed by atoms with Gasteiger partial charge >= 0.3 is 7.60 Å².